The molecule has 0 bridgehead atoms. The average molecular weight is 323 g/mol. The molecule has 1 aromatic rings. The maximum absolute atomic E-state index is 10.3. The minimum Gasteiger partial charge on any atom is -0.506 e. The van der Waals surface area contributed by atoms with E-state index in [0.717, 1.165) is 5.56 Å². The Balaban J connectivity index is 2.95. The van der Waals surface area contributed by atoms with Crippen LogP contribution in [0.5, 0.6) is 5.75 Å². The first-order chi connectivity index (χ1) is 6.54. The molecule has 3 N–H and O–H groups in total. The molecule has 1 atom stereocenters. The highest BCUT2D eigenvalue weighted by molar-refractivity contribution is 9.11. The number of phenols is 1. The number of aldehydes is 1. The SMILES string of the molecule is N[C@@H](C=O)Cc1cc(Br)c(O)c(Br)c1. The van der Waals surface area contributed by atoms with Crippen LogP contribution in [0.15, 0.2) is 21.1 Å². The molecule has 14 heavy (non-hydrogen) atoms. The lowest BCUT2D eigenvalue weighted by atomic mass is 10.1. The largest absolute Gasteiger partial charge is 0.506 e. The molecule has 0 fully saturated rings. The molecule has 0 heterocycles. The second-order valence-electron chi connectivity index (χ2n) is 2.91. The lowest BCUT2D eigenvalue weighted by molar-refractivity contribution is -0.108. The van der Waals surface area contributed by atoms with Gasteiger partial charge in [0.25, 0.3) is 0 Å². The van der Waals surface area contributed by atoms with Crippen LogP contribution < -0.4 is 5.73 Å². The fourth-order valence-electron chi connectivity index (χ4n) is 1.06. The van der Waals surface area contributed by atoms with E-state index in [-0.39, 0.29) is 5.75 Å². The summed E-state index contributed by atoms with van der Waals surface area (Å²) < 4.78 is 1.17. The molecular weight excluding hydrogens is 314 g/mol. The lowest BCUT2D eigenvalue weighted by Gasteiger charge is -2.07. The van der Waals surface area contributed by atoms with Crippen molar-refractivity contribution in [3.05, 3.63) is 26.6 Å². The van der Waals surface area contributed by atoms with Crippen LogP contribution >= 0.6 is 31.9 Å². The van der Waals surface area contributed by atoms with Crippen molar-refractivity contribution in [3.63, 3.8) is 0 Å². The summed E-state index contributed by atoms with van der Waals surface area (Å²) in [6.07, 6.45) is 1.16. The van der Waals surface area contributed by atoms with Crippen LogP contribution in [0.25, 0.3) is 0 Å². The molecule has 0 amide bonds. The van der Waals surface area contributed by atoms with E-state index in [1.807, 2.05) is 0 Å². The second kappa shape index (κ2) is 4.91. The fraction of sp³-hybridized carbons (Fsp3) is 0.222. The average Bonchev–Trinajstić information content (AvgIpc) is 2.14. The van der Waals surface area contributed by atoms with Crippen LogP contribution in [0.2, 0.25) is 0 Å². The van der Waals surface area contributed by atoms with E-state index in [1.165, 1.54) is 0 Å². The van der Waals surface area contributed by atoms with E-state index in [2.05, 4.69) is 31.9 Å². The van der Waals surface area contributed by atoms with Crippen LogP contribution in [0, 0.1) is 0 Å². The van der Waals surface area contributed by atoms with Gasteiger partial charge in [-0.25, -0.2) is 0 Å². The van der Waals surface area contributed by atoms with E-state index in [0.29, 0.717) is 21.7 Å². The van der Waals surface area contributed by atoms with Gasteiger partial charge in [-0.15, -0.1) is 0 Å². The van der Waals surface area contributed by atoms with Gasteiger partial charge in [-0.05, 0) is 56.0 Å². The lowest BCUT2D eigenvalue weighted by Crippen LogP contribution is -2.24. The Kier molecular flexibility index (Phi) is 4.10. The minimum absolute atomic E-state index is 0.147. The van der Waals surface area contributed by atoms with Crippen LogP contribution in [-0.4, -0.2) is 17.4 Å². The van der Waals surface area contributed by atoms with Gasteiger partial charge in [0.1, 0.15) is 12.0 Å². The first kappa shape index (κ1) is 11.7. The van der Waals surface area contributed by atoms with Crippen molar-refractivity contribution in [2.45, 2.75) is 12.5 Å². The number of carbonyl (C=O) groups excluding carboxylic acids is 1. The maximum atomic E-state index is 10.3. The van der Waals surface area contributed by atoms with Gasteiger partial charge >= 0.3 is 0 Å². The zero-order valence-corrected chi connectivity index (χ0v) is 10.4. The molecule has 0 aliphatic carbocycles. The maximum Gasteiger partial charge on any atom is 0.143 e. The molecule has 5 heteroatoms. The molecular formula is C9H9Br2NO2. The van der Waals surface area contributed by atoms with Crippen molar-refractivity contribution in [2.75, 3.05) is 0 Å². The van der Waals surface area contributed by atoms with Crippen LogP contribution in [0.4, 0.5) is 0 Å². The van der Waals surface area contributed by atoms with Crippen molar-refractivity contribution in [1.82, 2.24) is 0 Å². The molecule has 1 aromatic carbocycles. The minimum atomic E-state index is -0.502. The predicted molar refractivity (Wildman–Crippen MR) is 61.3 cm³/mol. The van der Waals surface area contributed by atoms with Gasteiger partial charge in [0.05, 0.1) is 15.0 Å². The summed E-state index contributed by atoms with van der Waals surface area (Å²) in [7, 11) is 0. The molecule has 0 radical (unpaired) electrons. The summed E-state index contributed by atoms with van der Waals surface area (Å²) in [5.41, 5.74) is 6.37. The number of carbonyl (C=O) groups is 1. The highest BCUT2D eigenvalue weighted by Crippen LogP contribution is 2.33. The van der Waals surface area contributed by atoms with E-state index >= 15 is 0 Å². The second-order valence-corrected chi connectivity index (χ2v) is 4.62. The van der Waals surface area contributed by atoms with E-state index in [9.17, 15) is 9.90 Å². The van der Waals surface area contributed by atoms with Crippen LogP contribution in [0.1, 0.15) is 5.56 Å². The number of phenolic OH excluding ortho intramolecular Hbond substituents is 1. The highest BCUT2D eigenvalue weighted by atomic mass is 79.9. The Morgan fingerprint density at radius 3 is 2.36 bits per heavy atom. The number of halogens is 2. The Bertz CT molecular complexity index is 332. The third kappa shape index (κ3) is 2.80. The number of rotatable bonds is 3. The molecule has 0 aromatic heterocycles. The topological polar surface area (TPSA) is 63.3 Å². The standard InChI is InChI=1S/C9H9Br2NO2/c10-7-2-5(1-6(12)4-13)3-8(11)9(7)14/h2-4,6,14H,1,12H2/t6-/m1/s1. The van der Waals surface area contributed by atoms with E-state index in [4.69, 9.17) is 5.73 Å². The van der Waals surface area contributed by atoms with Gasteiger partial charge in [-0.3, -0.25) is 0 Å². The smallest absolute Gasteiger partial charge is 0.143 e. The van der Waals surface area contributed by atoms with Crippen molar-refractivity contribution in [3.8, 4) is 5.75 Å². The summed E-state index contributed by atoms with van der Waals surface area (Å²) in [6.45, 7) is 0. The third-order valence-electron chi connectivity index (χ3n) is 1.72. The summed E-state index contributed by atoms with van der Waals surface area (Å²) in [5.74, 6) is 0.147. The van der Waals surface area contributed by atoms with Gasteiger partial charge in [-0.2, -0.15) is 0 Å². The summed E-state index contributed by atoms with van der Waals surface area (Å²) >= 11 is 6.40. The first-order valence-electron chi connectivity index (χ1n) is 3.92. The molecule has 0 spiro atoms. The van der Waals surface area contributed by atoms with Gasteiger partial charge in [0.15, 0.2) is 0 Å². The normalized spacial score (nSPS) is 12.5. The van der Waals surface area contributed by atoms with Crippen molar-refractivity contribution in [1.29, 1.82) is 0 Å². The highest BCUT2D eigenvalue weighted by Gasteiger charge is 2.08. The molecule has 0 saturated carbocycles. The Labute approximate surface area is 98.6 Å². The number of aromatic hydroxyl groups is 1. The Morgan fingerprint density at radius 1 is 1.43 bits per heavy atom. The number of benzene rings is 1. The zero-order valence-electron chi connectivity index (χ0n) is 7.21. The summed E-state index contributed by atoms with van der Waals surface area (Å²) in [5, 5.41) is 9.43. The molecule has 0 aliphatic heterocycles. The molecule has 3 nitrogen and oxygen atoms in total. The van der Waals surface area contributed by atoms with Crippen LogP contribution in [-0.2, 0) is 11.2 Å². The third-order valence-corrected chi connectivity index (χ3v) is 2.93. The quantitative estimate of drug-likeness (QED) is 0.836. The number of hydrogen-bond acceptors (Lipinski definition) is 3. The van der Waals surface area contributed by atoms with E-state index < -0.39 is 6.04 Å². The molecule has 0 aliphatic rings. The zero-order chi connectivity index (χ0) is 10.7. The first-order valence-corrected chi connectivity index (χ1v) is 5.51. The Morgan fingerprint density at radius 2 is 1.93 bits per heavy atom. The van der Waals surface area contributed by atoms with Gasteiger partial charge < -0.3 is 15.6 Å². The number of hydrogen-bond donors (Lipinski definition) is 2. The summed E-state index contributed by atoms with van der Waals surface area (Å²) in [6, 6.07) is 2.98. The van der Waals surface area contributed by atoms with E-state index in [1.54, 1.807) is 12.1 Å². The van der Waals surface area contributed by atoms with Crippen LogP contribution in [0.3, 0.4) is 0 Å². The molecule has 76 valence electrons. The Hall–Kier alpha value is -0.390. The fourth-order valence-corrected chi connectivity index (χ4v) is 2.34. The van der Waals surface area contributed by atoms with Crippen molar-refractivity contribution in [2.24, 2.45) is 5.73 Å². The predicted octanol–water partition coefficient (Wildman–Crippen LogP) is 1.99. The molecule has 0 saturated heterocycles. The monoisotopic (exact) mass is 321 g/mol. The van der Waals surface area contributed by atoms with Gasteiger partial charge in [-0.1, -0.05) is 0 Å². The van der Waals surface area contributed by atoms with Gasteiger partial charge in [0, 0.05) is 0 Å². The molecule has 0 unspecified atom stereocenters. The van der Waals surface area contributed by atoms with Crippen molar-refractivity contribution < 1.29 is 9.90 Å². The van der Waals surface area contributed by atoms with Crippen molar-refractivity contribution >= 4 is 38.1 Å². The van der Waals surface area contributed by atoms with Gasteiger partial charge in [0.2, 0.25) is 0 Å². The summed E-state index contributed by atoms with van der Waals surface area (Å²) in [4.78, 5) is 10.3. The number of nitrogens with two attached hydrogens (primary N) is 1. The molecule has 1 rings (SSSR count).